The predicted octanol–water partition coefficient (Wildman–Crippen LogP) is 1.80. The van der Waals surface area contributed by atoms with Crippen LogP contribution in [0.2, 0.25) is 0 Å². The summed E-state index contributed by atoms with van der Waals surface area (Å²) in [4.78, 5) is 0. The maximum absolute atomic E-state index is 12.3. The maximum atomic E-state index is 12.3. The summed E-state index contributed by atoms with van der Waals surface area (Å²) >= 11 is 0. The van der Waals surface area contributed by atoms with E-state index in [1.54, 1.807) is 4.31 Å². The Morgan fingerprint density at radius 3 is 2.65 bits per heavy atom. The monoisotopic (exact) mass is 296 g/mol. The fourth-order valence-corrected chi connectivity index (χ4v) is 4.01. The van der Waals surface area contributed by atoms with Crippen LogP contribution in [-0.2, 0) is 10.0 Å². The zero-order valence-electron chi connectivity index (χ0n) is 12.2. The van der Waals surface area contributed by atoms with Crippen LogP contribution < -0.4 is 5.32 Å². The van der Waals surface area contributed by atoms with Gasteiger partial charge in [-0.15, -0.1) is 0 Å². The number of benzene rings is 1. The summed E-state index contributed by atoms with van der Waals surface area (Å²) in [6.07, 6.45) is 0.918. The van der Waals surface area contributed by atoms with Crippen molar-refractivity contribution in [1.82, 2.24) is 9.62 Å². The normalized spacial score (nSPS) is 20.6. The second kappa shape index (κ2) is 6.70. The zero-order chi connectivity index (χ0) is 14.6. The van der Waals surface area contributed by atoms with E-state index < -0.39 is 10.0 Å². The first-order chi connectivity index (χ1) is 9.49. The maximum Gasteiger partial charge on any atom is 0.215 e. The van der Waals surface area contributed by atoms with Gasteiger partial charge in [-0.05, 0) is 17.9 Å². The highest BCUT2D eigenvalue weighted by Gasteiger charge is 2.31. The molecule has 1 fully saturated rings. The number of nitrogens with one attached hydrogen (secondary N) is 1. The molecule has 1 saturated heterocycles. The van der Waals surface area contributed by atoms with Gasteiger partial charge >= 0.3 is 0 Å². The average Bonchev–Trinajstić information content (AvgIpc) is 2.89. The van der Waals surface area contributed by atoms with Gasteiger partial charge in [-0.25, -0.2) is 12.7 Å². The molecule has 1 aromatic rings. The van der Waals surface area contributed by atoms with Gasteiger partial charge in [-0.3, -0.25) is 0 Å². The van der Waals surface area contributed by atoms with E-state index in [1.807, 2.05) is 32.0 Å². The molecule has 1 atom stereocenters. The van der Waals surface area contributed by atoms with E-state index in [2.05, 4.69) is 17.4 Å². The Morgan fingerprint density at radius 2 is 2.00 bits per heavy atom. The second-order valence-corrected chi connectivity index (χ2v) is 7.77. The van der Waals surface area contributed by atoms with Gasteiger partial charge in [-0.2, -0.15) is 0 Å². The minimum Gasteiger partial charge on any atom is -0.313 e. The van der Waals surface area contributed by atoms with Gasteiger partial charge in [0.2, 0.25) is 10.0 Å². The fourth-order valence-electron chi connectivity index (χ4n) is 2.58. The lowest BCUT2D eigenvalue weighted by Crippen LogP contribution is -2.36. The molecule has 0 saturated carbocycles. The molecule has 1 aromatic carbocycles. The van der Waals surface area contributed by atoms with E-state index in [-0.39, 0.29) is 5.75 Å². The molecule has 1 aliphatic rings. The van der Waals surface area contributed by atoms with Crippen molar-refractivity contribution in [3.63, 3.8) is 0 Å². The van der Waals surface area contributed by atoms with Crippen LogP contribution >= 0.6 is 0 Å². The molecule has 5 heteroatoms. The lowest BCUT2D eigenvalue weighted by atomic mass is 9.99. The molecule has 0 spiro atoms. The van der Waals surface area contributed by atoms with Crippen molar-refractivity contribution in [2.24, 2.45) is 0 Å². The van der Waals surface area contributed by atoms with Crippen molar-refractivity contribution >= 4 is 10.0 Å². The third-order valence-electron chi connectivity index (χ3n) is 3.73. The van der Waals surface area contributed by atoms with Crippen LogP contribution in [0.25, 0.3) is 0 Å². The number of rotatable bonds is 6. The molecule has 0 radical (unpaired) electrons. The quantitative estimate of drug-likeness (QED) is 0.871. The predicted molar refractivity (Wildman–Crippen MR) is 82.3 cm³/mol. The number of nitrogens with zero attached hydrogens (tertiary/aromatic N) is 1. The molecular weight excluding hydrogens is 272 g/mol. The lowest BCUT2D eigenvalue weighted by molar-refractivity contribution is 0.469. The Balaban J connectivity index is 1.91. The Kier molecular flexibility index (Phi) is 5.18. The Bertz CT molecular complexity index is 514. The second-order valence-electron chi connectivity index (χ2n) is 5.68. The molecule has 1 unspecified atom stereocenters. The minimum absolute atomic E-state index is 0.187. The van der Waals surface area contributed by atoms with Crippen LogP contribution in [-0.4, -0.2) is 44.2 Å². The summed E-state index contributed by atoms with van der Waals surface area (Å²) in [6.45, 7) is 5.83. The summed E-state index contributed by atoms with van der Waals surface area (Å²) < 4.78 is 26.2. The highest BCUT2D eigenvalue weighted by Crippen LogP contribution is 2.28. The van der Waals surface area contributed by atoms with Gasteiger partial charge in [-0.1, -0.05) is 44.2 Å². The first-order valence-electron chi connectivity index (χ1n) is 7.25. The van der Waals surface area contributed by atoms with Crippen LogP contribution in [0.1, 0.15) is 31.7 Å². The largest absolute Gasteiger partial charge is 0.313 e. The molecule has 4 nitrogen and oxygen atoms in total. The van der Waals surface area contributed by atoms with E-state index in [4.69, 9.17) is 0 Å². The summed E-state index contributed by atoms with van der Waals surface area (Å²) in [5.41, 5.74) is 1.24. The van der Waals surface area contributed by atoms with Crippen molar-refractivity contribution < 1.29 is 8.42 Å². The van der Waals surface area contributed by atoms with Crippen LogP contribution in [0.5, 0.6) is 0 Å². The summed E-state index contributed by atoms with van der Waals surface area (Å²) in [6, 6.07) is 10.5. The van der Waals surface area contributed by atoms with Crippen LogP contribution in [0.15, 0.2) is 30.3 Å². The molecule has 2 rings (SSSR count). The van der Waals surface area contributed by atoms with Gasteiger partial charge in [0.15, 0.2) is 0 Å². The van der Waals surface area contributed by atoms with Gasteiger partial charge in [0, 0.05) is 25.7 Å². The highest BCUT2D eigenvalue weighted by molar-refractivity contribution is 7.89. The van der Waals surface area contributed by atoms with Crippen molar-refractivity contribution in [2.75, 3.05) is 25.4 Å². The van der Waals surface area contributed by atoms with E-state index >= 15 is 0 Å². The fraction of sp³-hybridized carbons (Fsp3) is 0.600. The molecule has 1 aliphatic heterocycles. The molecule has 0 bridgehead atoms. The van der Waals surface area contributed by atoms with Gasteiger partial charge < -0.3 is 5.32 Å². The van der Waals surface area contributed by atoms with Crippen molar-refractivity contribution in [3.8, 4) is 0 Å². The highest BCUT2D eigenvalue weighted by atomic mass is 32.2. The van der Waals surface area contributed by atoms with Crippen molar-refractivity contribution in [3.05, 3.63) is 35.9 Å². The number of hydrogen-bond acceptors (Lipinski definition) is 3. The molecular formula is C15H24N2O2S. The van der Waals surface area contributed by atoms with Crippen molar-refractivity contribution in [1.29, 1.82) is 0 Å². The Labute approximate surface area is 122 Å². The SMILES string of the molecule is CC(C)NCCS(=O)(=O)N1CCC(c2ccccc2)C1. The smallest absolute Gasteiger partial charge is 0.215 e. The average molecular weight is 296 g/mol. The molecule has 112 valence electrons. The number of hydrogen-bond donors (Lipinski definition) is 1. The van der Waals surface area contributed by atoms with E-state index in [9.17, 15) is 8.42 Å². The summed E-state index contributed by atoms with van der Waals surface area (Å²) in [7, 11) is -3.13. The van der Waals surface area contributed by atoms with E-state index in [1.165, 1.54) is 5.56 Å². The van der Waals surface area contributed by atoms with Crippen LogP contribution in [0, 0.1) is 0 Å². The molecule has 0 aromatic heterocycles. The van der Waals surface area contributed by atoms with Crippen LogP contribution in [0.4, 0.5) is 0 Å². The van der Waals surface area contributed by atoms with Crippen LogP contribution in [0.3, 0.4) is 0 Å². The molecule has 1 N–H and O–H groups in total. The summed E-state index contributed by atoms with van der Waals surface area (Å²) in [5, 5.41) is 3.16. The van der Waals surface area contributed by atoms with Crippen molar-refractivity contribution in [2.45, 2.75) is 32.2 Å². The molecule has 0 aliphatic carbocycles. The molecule has 1 heterocycles. The first-order valence-corrected chi connectivity index (χ1v) is 8.86. The van der Waals surface area contributed by atoms with Gasteiger partial charge in [0.25, 0.3) is 0 Å². The third kappa shape index (κ3) is 4.04. The topological polar surface area (TPSA) is 49.4 Å². The molecule has 20 heavy (non-hydrogen) atoms. The minimum atomic E-state index is -3.13. The Hall–Kier alpha value is -0.910. The van der Waals surface area contributed by atoms with Gasteiger partial charge in [0.1, 0.15) is 0 Å². The Morgan fingerprint density at radius 1 is 1.30 bits per heavy atom. The van der Waals surface area contributed by atoms with E-state index in [0.29, 0.717) is 31.6 Å². The third-order valence-corrected chi connectivity index (χ3v) is 5.57. The zero-order valence-corrected chi connectivity index (χ0v) is 13.1. The lowest BCUT2D eigenvalue weighted by Gasteiger charge is -2.17. The number of sulfonamides is 1. The first kappa shape index (κ1) is 15.5. The van der Waals surface area contributed by atoms with E-state index in [0.717, 1.165) is 6.42 Å². The summed E-state index contributed by atoms with van der Waals surface area (Å²) in [5.74, 6) is 0.524. The van der Waals surface area contributed by atoms with Gasteiger partial charge in [0.05, 0.1) is 5.75 Å². The molecule has 0 amide bonds. The standard InChI is InChI=1S/C15H24N2O2S/c1-13(2)16-9-11-20(18,19)17-10-8-15(12-17)14-6-4-3-5-7-14/h3-7,13,15-16H,8-12H2,1-2H3.